The molecule has 25 heavy (non-hydrogen) atoms. The summed E-state index contributed by atoms with van der Waals surface area (Å²) in [5.74, 6) is -0.0810. The SMILES string of the molecule is Cc1ccc(-c2ccc(C3=NNC(=O)OC3)cc2C(F)(F)F)cc1O. The maximum atomic E-state index is 13.5. The molecule has 5 nitrogen and oxygen atoms in total. The number of carbonyl (C=O) groups is 1. The minimum atomic E-state index is -4.61. The van der Waals surface area contributed by atoms with Gasteiger partial charge in [-0.2, -0.15) is 18.3 Å². The molecular weight excluding hydrogens is 337 g/mol. The number of nitrogens with zero attached hydrogens (tertiary/aromatic N) is 1. The number of phenolic OH excluding ortho intramolecular Hbond substituents is 1. The van der Waals surface area contributed by atoms with Crippen molar-refractivity contribution in [2.75, 3.05) is 6.61 Å². The highest BCUT2D eigenvalue weighted by atomic mass is 19.4. The second-order valence-electron chi connectivity index (χ2n) is 5.51. The number of nitrogens with one attached hydrogen (secondary N) is 1. The minimum absolute atomic E-state index is 0.0621. The lowest BCUT2D eigenvalue weighted by atomic mass is 9.95. The number of phenols is 1. The Balaban J connectivity index is 2.10. The Kier molecular flexibility index (Phi) is 4.12. The largest absolute Gasteiger partial charge is 0.508 e. The lowest BCUT2D eigenvalue weighted by Crippen LogP contribution is -2.30. The van der Waals surface area contributed by atoms with E-state index in [1.807, 2.05) is 0 Å². The fraction of sp³-hybridized carbons (Fsp3) is 0.176. The predicted molar refractivity (Wildman–Crippen MR) is 84.3 cm³/mol. The van der Waals surface area contributed by atoms with Gasteiger partial charge in [0, 0.05) is 5.56 Å². The zero-order chi connectivity index (χ0) is 18.2. The summed E-state index contributed by atoms with van der Waals surface area (Å²) in [7, 11) is 0. The molecule has 1 aliphatic rings. The van der Waals surface area contributed by atoms with Crippen molar-refractivity contribution in [2.24, 2.45) is 5.10 Å². The standard InChI is InChI=1S/C17H13F3N2O3/c1-9-2-3-10(7-15(9)23)12-5-4-11(6-13(12)17(18,19)20)14-8-25-16(24)22-21-14/h2-7,23H,8H2,1H3,(H,22,24). The summed E-state index contributed by atoms with van der Waals surface area (Å²) in [4.78, 5) is 10.9. The van der Waals surface area contributed by atoms with Gasteiger partial charge in [0.2, 0.25) is 0 Å². The number of aromatic hydroxyl groups is 1. The fourth-order valence-corrected chi connectivity index (χ4v) is 2.45. The van der Waals surface area contributed by atoms with E-state index in [0.717, 1.165) is 6.07 Å². The number of hydrogen-bond donors (Lipinski definition) is 2. The first kappa shape index (κ1) is 16.8. The van der Waals surface area contributed by atoms with E-state index >= 15 is 0 Å². The number of carbonyl (C=O) groups excluding carboxylic acids is 1. The number of rotatable bonds is 2. The quantitative estimate of drug-likeness (QED) is 0.865. The minimum Gasteiger partial charge on any atom is -0.508 e. The molecule has 130 valence electrons. The maximum absolute atomic E-state index is 13.5. The first-order valence-electron chi connectivity index (χ1n) is 7.26. The summed E-state index contributed by atoms with van der Waals surface area (Å²) in [6.07, 6.45) is -5.36. The van der Waals surface area contributed by atoms with Gasteiger partial charge in [-0.05, 0) is 35.7 Å². The molecule has 0 saturated heterocycles. The normalized spacial score (nSPS) is 14.6. The van der Waals surface area contributed by atoms with Crippen molar-refractivity contribution < 1.29 is 27.8 Å². The molecule has 2 aromatic carbocycles. The Morgan fingerprint density at radius 2 is 1.88 bits per heavy atom. The van der Waals surface area contributed by atoms with Crippen molar-refractivity contribution >= 4 is 11.8 Å². The van der Waals surface area contributed by atoms with Crippen LogP contribution in [0.2, 0.25) is 0 Å². The molecule has 3 rings (SSSR count). The van der Waals surface area contributed by atoms with E-state index in [4.69, 9.17) is 4.74 Å². The zero-order valence-electron chi connectivity index (χ0n) is 13.0. The lowest BCUT2D eigenvalue weighted by molar-refractivity contribution is -0.137. The van der Waals surface area contributed by atoms with Crippen LogP contribution in [0.4, 0.5) is 18.0 Å². The smallest absolute Gasteiger partial charge is 0.428 e. The van der Waals surface area contributed by atoms with Crippen LogP contribution in [0.3, 0.4) is 0 Å². The number of alkyl halides is 3. The van der Waals surface area contributed by atoms with E-state index in [9.17, 15) is 23.1 Å². The van der Waals surface area contributed by atoms with Gasteiger partial charge < -0.3 is 9.84 Å². The highest BCUT2D eigenvalue weighted by molar-refractivity contribution is 6.04. The zero-order valence-corrected chi connectivity index (χ0v) is 13.0. The summed E-state index contributed by atoms with van der Waals surface area (Å²) in [5, 5.41) is 13.5. The Labute approximate surface area is 140 Å². The number of aryl methyl sites for hydroxylation is 1. The third kappa shape index (κ3) is 3.42. The molecule has 0 aliphatic carbocycles. The molecule has 0 unspecified atom stereocenters. The van der Waals surface area contributed by atoms with Gasteiger partial charge in [-0.3, -0.25) is 0 Å². The van der Waals surface area contributed by atoms with Crippen LogP contribution in [0.1, 0.15) is 16.7 Å². The molecule has 1 heterocycles. The number of amides is 1. The van der Waals surface area contributed by atoms with Gasteiger partial charge in [-0.1, -0.05) is 24.3 Å². The Bertz CT molecular complexity index is 876. The number of hydrogen-bond acceptors (Lipinski definition) is 4. The number of ether oxygens (including phenoxy) is 1. The Hall–Kier alpha value is -3.03. The van der Waals surface area contributed by atoms with E-state index < -0.39 is 17.8 Å². The van der Waals surface area contributed by atoms with Gasteiger partial charge in [0.1, 0.15) is 18.1 Å². The number of benzene rings is 2. The summed E-state index contributed by atoms with van der Waals surface area (Å²) in [5.41, 5.74) is 2.32. The van der Waals surface area contributed by atoms with Crippen molar-refractivity contribution in [3.63, 3.8) is 0 Å². The van der Waals surface area contributed by atoms with Crippen molar-refractivity contribution in [2.45, 2.75) is 13.1 Å². The van der Waals surface area contributed by atoms with E-state index in [0.29, 0.717) is 5.56 Å². The monoisotopic (exact) mass is 350 g/mol. The van der Waals surface area contributed by atoms with E-state index in [1.165, 1.54) is 24.3 Å². The van der Waals surface area contributed by atoms with Crippen LogP contribution in [-0.4, -0.2) is 23.5 Å². The molecule has 1 amide bonds. The lowest BCUT2D eigenvalue weighted by Gasteiger charge is -2.17. The molecule has 0 bridgehead atoms. The van der Waals surface area contributed by atoms with Gasteiger partial charge in [-0.25, -0.2) is 10.2 Å². The molecule has 0 atom stereocenters. The first-order chi connectivity index (χ1) is 11.8. The van der Waals surface area contributed by atoms with E-state index in [-0.39, 0.29) is 34.8 Å². The van der Waals surface area contributed by atoms with Crippen molar-refractivity contribution in [1.82, 2.24) is 5.43 Å². The van der Waals surface area contributed by atoms with Crippen LogP contribution in [0, 0.1) is 6.92 Å². The van der Waals surface area contributed by atoms with Gasteiger partial charge in [0.15, 0.2) is 0 Å². The van der Waals surface area contributed by atoms with Gasteiger partial charge in [0.05, 0.1) is 5.56 Å². The molecule has 0 spiro atoms. The molecule has 2 aromatic rings. The molecule has 8 heteroatoms. The van der Waals surface area contributed by atoms with Gasteiger partial charge in [0.25, 0.3) is 0 Å². The molecule has 2 N–H and O–H groups in total. The Morgan fingerprint density at radius 1 is 1.16 bits per heavy atom. The molecule has 0 fully saturated rings. The van der Waals surface area contributed by atoms with E-state index in [2.05, 4.69) is 10.5 Å². The summed E-state index contributed by atoms with van der Waals surface area (Å²) in [6.45, 7) is 1.44. The fourth-order valence-electron chi connectivity index (χ4n) is 2.45. The summed E-state index contributed by atoms with van der Waals surface area (Å²) >= 11 is 0. The number of cyclic esters (lactones) is 1. The van der Waals surface area contributed by atoms with Crippen molar-refractivity contribution in [1.29, 1.82) is 0 Å². The first-order valence-corrected chi connectivity index (χ1v) is 7.26. The van der Waals surface area contributed by atoms with Crippen LogP contribution in [-0.2, 0) is 10.9 Å². The molecular formula is C17H13F3N2O3. The molecule has 0 saturated carbocycles. The summed E-state index contributed by atoms with van der Waals surface area (Å²) < 4.78 is 45.3. The second kappa shape index (κ2) is 6.12. The van der Waals surface area contributed by atoms with Gasteiger partial charge in [-0.15, -0.1) is 0 Å². The van der Waals surface area contributed by atoms with Gasteiger partial charge >= 0.3 is 12.3 Å². The topological polar surface area (TPSA) is 70.9 Å². The van der Waals surface area contributed by atoms with Crippen LogP contribution < -0.4 is 5.43 Å². The second-order valence-corrected chi connectivity index (χ2v) is 5.51. The molecule has 0 radical (unpaired) electrons. The van der Waals surface area contributed by atoms with Crippen LogP contribution >= 0.6 is 0 Å². The van der Waals surface area contributed by atoms with Crippen LogP contribution in [0.5, 0.6) is 5.75 Å². The molecule has 0 aromatic heterocycles. The maximum Gasteiger partial charge on any atom is 0.428 e. The van der Waals surface area contributed by atoms with Crippen molar-refractivity contribution in [3.05, 3.63) is 53.1 Å². The van der Waals surface area contributed by atoms with Crippen LogP contribution in [0.15, 0.2) is 41.5 Å². The Morgan fingerprint density at radius 3 is 2.48 bits per heavy atom. The third-order valence-corrected chi connectivity index (χ3v) is 3.80. The third-order valence-electron chi connectivity index (χ3n) is 3.80. The highest BCUT2D eigenvalue weighted by Crippen LogP contribution is 2.39. The average molecular weight is 350 g/mol. The summed E-state index contributed by atoms with van der Waals surface area (Å²) in [6, 6.07) is 8.07. The predicted octanol–water partition coefficient (Wildman–Crippen LogP) is 3.83. The van der Waals surface area contributed by atoms with Crippen molar-refractivity contribution in [3.8, 4) is 16.9 Å². The average Bonchev–Trinajstić information content (AvgIpc) is 2.57. The highest BCUT2D eigenvalue weighted by Gasteiger charge is 2.34. The number of hydrazone groups is 1. The van der Waals surface area contributed by atoms with E-state index in [1.54, 1.807) is 13.0 Å². The number of halogens is 3. The van der Waals surface area contributed by atoms with Crippen LogP contribution in [0.25, 0.3) is 11.1 Å². The molecule has 1 aliphatic heterocycles.